The van der Waals surface area contributed by atoms with Crippen LogP contribution in [0.2, 0.25) is 0 Å². The number of rotatable bonds is 5. The number of nitrogens with one attached hydrogen (secondary N) is 1. The van der Waals surface area contributed by atoms with E-state index in [0.29, 0.717) is 11.6 Å². The Balaban J connectivity index is 1.78. The largest absolute Gasteiger partial charge is 0.425 e. The molecule has 0 fully saturated rings. The van der Waals surface area contributed by atoms with Crippen molar-refractivity contribution in [1.82, 2.24) is 9.78 Å². The molecule has 0 amide bonds. The second-order valence-corrected chi connectivity index (χ2v) is 5.85. The van der Waals surface area contributed by atoms with Crippen LogP contribution in [-0.2, 0) is 4.79 Å². The standard InChI is InChI=1S/C20H18N4O2/c1-14-12-16(13-15(2)20(14)26-19(25)8-10-21)22-18-9-11-24(23-18)17-6-4-3-5-7-17/h3-7,9,11-13H,8H2,1-2H3,(H,22,23). The van der Waals surface area contributed by atoms with Crippen LogP contribution in [0.4, 0.5) is 11.5 Å². The summed E-state index contributed by atoms with van der Waals surface area (Å²) in [6.07, 6.45) is 1.62. The number of aromatic nitrogens is 2. The van der Waals surface area contributed by atoms with Gasteiger partial charge in [-0.1, -0.05) is 18.2 Å². The van der Waals surface area contributed by atoms with E-state index in [-0.39, 0.29) is 6.42 Å². The van der Waals surface area contributed by atoms with Gasteiger partial charge in [-0.15, -0.1) is 0 Å². The number of hydrogen-bond donors (Lipinski definition) is 1. The third-order valence-electron chi connectivity index (χ3n) is 3.78. The van der Waals surface area contributed by atoms with Crippen LogP contribution in [-0.4, -0.2) is 15.7 Å². The number of hydrogen-bond acceptors (Lipinski definition) is 5. The molecule has 1 aromatic heterocycles. The lowest BCUT2D eigenvalue weighted by Crippen LogP contribution is -2.09. The fourth-order valence-electron chi connectivity index (χ4n) is 2.66. The highest BCUT2D eigenvalue weighted by molar-refractivity contribution is 5.76. The van der Waals surface area contributed by atoms with Gasteiger partial charge in [0.15, 0.2) is 5.82 Å². The number of carbonyl (C=O) groups is 1. The summed E-state index contributed by atoms with van der Waals surface area (Å²) >= 11 is 0. The van der Waals surface area contributed by atoms with Gasteiger partial charge < -0.3 is 10.1 Å². The van der Waals surface area contributed by atoms with Crippen LogP contribution in [0, 0.1) is 25.2 Å². The molecule has 1 heterocycles. The van der Waals surface area contributed by atoms with E-state index in [1.165, 1.54) is 0 Å². The van der Waals surface area contributed by atoms with Crippen LogP contribution >= 0.6 is 0 Å². The fourth-order valence-corrected chi connectivity index (χ4v) is 2.66. The first kappa shape index (κ1) is 17.2. The molecule has 2 aromatic carbocycles. The summed E-state index contributed by atoms with van der Waals surface area (Å²) in [4.78, 5) is 11.6. The van der Waals surface area contributed by atoms with Crippen LogP contribution in [0.3, 0.4) is 0 Å². The third-order valence-corrected chi connectivity index (χ3v) is 3.78. The van der Waals surface area contributed by atoms with E-state index in [2.05, 4.69) is 10.4 Å². The van der Waals surface area contributed by atoms with Gasteiger partial charge in [0.25, 0.3) is 0 Å². The number of anilines is 2. The second-order valence-electron chi connectivity index (χ2n) is 5.85. The molecule has 0 aliphatic rings. The van der Waals surface area contributed by atoms with E-state index in [0.717, 1.165) is 22.5 Å². The first-order chi connectivity index (χ1) is 12.6. The summed E-state index contributed by atoms with van der Waals surface area (Å²) in [5, 5.41) is 16.3. The molecule has 0 saturated carbocycles. The van der Waals surface area contributed by atoms with E-state index in [4.69, 9.17) is 10.00 Å². The molecule has 0 atom stereocenters. The lowest BCUT2D eigenvalue weighted by Gasteiger charge is -2.12. The minimum absolute atomic E-state index is 0.268. The average molecular weight is 346 g/mol. The summed E-state index contributed by atoms with van der Waals surface area (Å²) < 4.78 is 7.07. The summed E-state index contributed by atoms with van der Waals surface area (Å²) in [6, 6.07) is 17.3. The Morgan fingerprint density at radius 3 is 2.54 bits per heavy atom. The molecule has 0 bridgehead atoms. The van der Waals surface area contributed by atoms with Crippen LogP contribution in [0.15, 0.2) is 54.7 Å². The van der Waals surface area contributed by atoms with Gasteiger partial charge in [-0.25, -0.2) is 4.68 Å². The highest BCUT2D eigenvalue weighted by Crippen LogP contribution is 2.29. The Bertz CT molecular complexity index is 948. The molecule has 26 heavy (non-hydrogen) atoms. The van der Waals surface area contributed by atoms with Crippen molar-refractivity contribution in [3.63, 3.8) is 0 Å². The van der Waals surface area contributed by atoms with Gasteiger partial charge in [0.2, 0.25) is 0 Å². The van der Waals surface area contributed by atoms with Gasteiger partial charge in [0.05, 0.1) is 11.8 Å². The van der Waals surface area contributed by atoms with Gasteiger partial charge >= 0.3 is 5.97 Å². The monoisotopic (exact) mass is 346 g/mol. The zero-order chi connectivity index (χ0) is 18.5. The average Bonchev–Trinajstić information content (AvgIpc) is 3.08. The van der Waals surface area contributed by atoms with Crippen molar-refractivity contribution < 1.29 is 9.53 Å². The number of para-hydroxylation sites is 1. The predicted octanol–water partition coefficient (Wildman–Crippen LogP) is 4.05. The minimum atomic E-state index is -0.555. The topological polar surface area (TPSA) is 79.9 Å². The highest BCUT2D eigenvalue weighted by atomic mass is 16.5. The Hall–Kier alpha value is -3.59. The number of ether oxygens (including phenoxy) is 1. The number of benzene rings is 2. The van der Waals surface area contributed by atoms with Crippen LogP contribution < -0.4 is 10.1 Å². The quantitative estimate of drug-likeness (QED) is 0.557. The summed E-state index contributed by atoms with van der Waals surface area (Å²) in [5.41, 5.74) is 3.44. The second kappa shape index (κ2) is 7.53. The lowest BCUT2D eigenvalue weighted by molar-refractivity contribution is -0.133. The number of aryl methyl sites for hydroxylation is 2. The van der Waals surface area contributed by atoms with E-state index in [1.54, 1.807) is 10.8 Å². The Morgan fingerprint density at radius 2 is 1.88 bits per heavy atom. The van der Waals surface area contributed by atoms with Crippen molar-refractivity contribution in [2.24, 2.45) is 0 Å². The number of carbonyl (C=O) groups excluding carboxylic acids is 1. The highest BCUT2D eigenvalue weighted by Gasteiger charge is 2.12. The lowest BCUT2D eigenvalue weighted by atomic mass is 10.1. The molecule has 0 aliphatic heterocycles. The number of nitrogens with zero attached hydrogens (tertiary/aromatic N) is 3. The minimum Gasteiger partial charge on any atom is -0.425 e. The first-order valence-corrected chi connectivity index (χ1v) is 8.14. The Labute approximate surface area is 151 Å². The molecule has 6 heteroatoms. The smallest absolute Gasteiger partial charge is 0.325 e. The van der Waals surface area contributed by atoms with Crippen molar-refractivity contribution in [3.05, 3.63) is 65.9 Å². The van der Waals surface area contributed by atoms with Crippen molar-refractivity contribution in [3.8, 4) is 17.5 Å². The van der Waals surface area contributed by atoms with E-state index in [1.807, 2.05) is 68.6 Å². The number of esters is 1. The Kier molecular flexibility index (Phi) is 4.99. The van der Waals surface area contributed by atoms with E-state index < -0.39 is 5.97 Å². The molecule has 0 unspecified atom stereocenters. The molecular weight excluding hydrogens is 328 g/mol. The van der Waals surface area contributed by atoms with Gasteiger partial charge in [-0.2, -0.15) is 10.4 Å². The third kappa shape index (κ3) is 3.90. The Morgan fingerprint density at radius 1 is 1.19 bits per heavy atom. The number of nitriles is 1. The molecular formula is C20H18N4O2. The maximum absolute atomic E-state index is 11.6. The van der Waals surface area contributed by atoms with Gasteiger partial charge in [0.1, 0.15) is 12.2 Å². The van der Waals surface area contributed by atoms with Crippen molar-refractivity contribution >= 4 is 17.5 Å². The SMILES string of the molecule is Cc1cc(Nc2ccn(-c3ccccc3)n2)cc(C)c1OC(=O)CC#N. The molecule has 130 valence electrons. The molecule has 6 nitrogen and oxygen atoms in total. The zero-order valence-corrected chi connectivity index (χ0v) is 14.6. The van der Waals surface area contributed by atoms with Gasteiger partial charge in [0, 0.05) is 18.0 Å². The molecule has 0 saturated heterocycles. The molecule has 1 N–H and O–H groups in total. The maximum Gasteiger partial charge on any atom is 0.325 e. The van der Waals surface area contributed by atoms with Crippen molar-refractivity contribution in [2.45, 2.75) is 20.3 Å². The van der Waals surface area contributed by atoms with Crippen molar-refractivity contribution in [2.75, 3.05) is 5.32 Å². The molecule has 0 radical (unpaired) electrons. The summed E-state index contributed by atoms with van der Waals surface area (Å²) in [7, 11) is 0. The zero-order valence-electron chi connectivity index (χ0n) is 14.6. The molecule has 0 aliphatic carbocycles. The molecule has 3 rings (SSSR count). The van der Waals surface area contributed by atoms with Gasteiger partial charge in [-0.05, 0) is 49.2 Å². The van der Waals surface area contributed by atoms with Crippen LogP contribution in [0.1, 0.15) is 17.5 Å². The summed E-state index contributed by atoms with van der Waals surface area (Å²) in [5.74, 6) is 0.647. The fraction of sp³-hybridized carbons (Fsp3) is 0.150. The first-order valence-electron chi connectivity index (χ1n) is 8.14. The molecule has 0 spiro atoms. The van der Waals surface area contributed by atoms with Gasteiger partial charge in [-0.3, -0.25) is 4.79 Å². The van der Waals surface area contributed by atoms with E-state index in [9.17, 15) is 4.79 Å². The summed E-state index contributed by atoms with van der Waals surface area (Å²) in [6.45, 7) is 3.71. The van der Waals surface area contributed by atoms with Crippen molar-refractivity contribution in [1.29, 1.82) is 5.26 Å². The molecule has 3 aromatic rings. The maximum atomic E-state index is 11.6. The normalized spacial score (nSPS) is 10.2. The van der Waals surface area contributed by atoms with E-state index >= 15 is 0 Å². The predicted molar refractivity (Wildman–Crippen MR) is 98.6 cm³/mol. The van der Waals surface area contributed by atoms with Crippen LogP contribution in [0.5, 0.6) is 5.75 Å². The van der Waals surface area contributed by atoms with Crippen LogP contribution in [0.25, 0.3) is 5.69 Å².